The van der Waals surface area contributed by atoms with Crippen LogP contribution in [0.2, 0.25) is 0 Å². The zero-order valence-electron chi connectivity index (χ0n) is 8.15. The fraction of sp³-hybridized carbons (Fsp3) is 0.400. The lowest BCUT2D eigenvalue weighted by atomic mass is 9.87. The summed E-state index contributed by atoms with van der Waals surface area (Å²) >= 11 is 0. The van der Waals surface area contributed by atoms with Crippen molar-refractivity contribution >= 4 is 0 Å². The van der Waals surface area contributed by atoms with Gasteiger partial charge in [-0.1, -0.05) is 32.9 Å². The summed E-state index contributed by atoms with van der Waals surface area (Å²) in [7, 11) is 0. The summed E-state index contributed by atoms with van der Waals surface area (Å²) in [6.07, 6.45) is 0. The minimum Gasteiger partial charge on any atom is -0.508 e. The molecule has 0 unspecified atom stereocenters. The third-order valence-corrected chi connectivity index (χ3v) is 1.73. The SMILES string of the molecule is CC(C)(C)c1ccc(O)cc1.N#N. The van der Waals surface area contributed by atoms with Crippen molar-refractivity contribution in [1.82, 2.24) is 0 Å². The second-order valence-corrected chi connectivity index (χ2v) is 3.80. The van der Waals surface area contributed by atoms with Gasteiger partial charge in [0.25, 0.3) is 0 Å². The Hall–Kier alpha value is -1.56. The fourth-order valence-electron chi connectivity index (χ4n) is 0.961. The number of phenols is 1. The Morgan fingerprint density at radius 1 is 1.00 bits per heavy atom. The summed E-state index contributed by atoms with van der Waals surface area (Å²) in [5.74, 6) is 0.331. The highest BCUT2D eigenvalue weighted by Crippen LogP contribution is 2.23. The third kappa shape index (κ3) is 3.57. The summed E-state index contributed by atoms with van der Waals surface area (Å²) < 4.78 is 0. The standard InChI is InChI=1S/C10H14O.N2/c1-10(2,3)8-4-6-9(11)7-5-8;1-2/h4-7,11H,1-3H3;. The van der Waals surface area contributed by atoms with Gasteiger partial charge >= 0.3 is 0 Å². The van der Waals surface area contributed by atoms with Crippen molar-refractivity contribution in [2.24, 2.45) is 0 Å². The van der Waals surface area contributed by atoms with Gasteiger partial charge in [-0.25, -0.2) is 0 Å². The summed E-state index contributed by atoms with van der Waals surface area (Å²) in [5.41, 5.74) is 1.42. The summed E-state index contributed by atoms with van der Waals surface area (Å²) in [4.78, 5) is 0. The van der Waals surface area contributed by atoms with Crippen molar-refractivity contribution in [2.45, 2.75) is 26.2 Å². The number of hydrogen-bond acceptors (Lipinski definition) is 3. The van der Waals surface area contributed by atoms with E-state index in [-0.39, 0.29) is 5.41 Å². The molecule has 0 radical (unpaired) electrons. The van der Waals surface area contributed by atoms with Gasteiger partial charge in [0.1, 0.15) is 5.75 Å². The quantitative estimate of drug-likeness (QED) is 0.621. The van der Waals surface area contributed by atoms with Crippen LogP contribution in [0.3, 0.4) is 0 Å². The number of hydrogen-bond donors (Lipinski definition) is 1. The van der Waals surface area contributed by atoms with Crippen molar-refractivity contribution in [3.63, 3.8) is 0 Å². The summed E-state index contributed by atoms with van der Waals surface area (Å²) in [6, 6.07) is 7.35. The Morgan fingerprint density at radius 2 is 1.38 bits per heavy atom. The van der Waals surface area contributed by atoms with E-state index in [0.29, 0.717) is 5.75 Å². The molecule has 0 atom stereocenters. The highest BCUT2D eigenvalue weighted by molar-refractivity contribution is 5.29. The maximum absolute atomic E-state index is 9.02. The zero-order chi connectivity index (χ0) is 10.5. The lowest BCUT2D eigenvalue weighted by Gasteiger charge is -2.18. The predicted octanol–water partition coefficient (Wildman–Crippen LogP) is 2.72. The molecule has 0 aliphatic carbocycles. The third-order valence-electron chi connectivity index (χ3n) is 1.73. The monoisotopic (exact) mass is 178 g/mol. The molecule has 0 spiro atoms. The van der Waals surface area contributed by atoms with Crippen LogP contribution < -0.4 is 0 Å². The minimum atomic E-state index is 0.174. The topological polar surface area (TPSA) is 67.8 Å². The van der Waals surface area contributed by atoms with Gasteiger partial charge in [0.15, 0.2) is 0 Å². The molecule has 1 rings (SSSR count). The maximum atomic E-state index is 9.02. The number of phenolic OH excluding ortho intramolecular Hbond substituents is 1. The molecule has 1 N–H and O–H groups in total. The molecule has 0 aromatic heterocycles. The van der Waals surface area contributed by atoms with Crippen molar-refractivity contribution in [2.75, 3.05) is 0 Å². The van der Waals surface area contributed by atoms with E-state index in [2.05, 4.69) is 20.8 Å². The summed E-state index contributed by atoms with van der Waals surface area (Å²) in [6.45, 7) is 6.46. The summed E-state index contributed by atoms with van der Waals surface area (Å²) in [5, 5.41) is 21.0. The van der Waals surface area contributed by atoms with Gasteiger partial charge in [0, 0.05) is 10.8 Å². The molecule has 0 aliphatic rings. The molecular weight excluding hydrogens is 164 g/mol. The Labute approximate surface area is 78.4 Å². The van der Waals surface area contributed by atoms with Crippen LogP contribution in [0, 0.1) is 10.8 Å². The first-order valence-corrected chi connectivity index (χ1v) is 3.99. The molecule has 70 valence electrons. The Balaban J connectivity index is 0.000000671. The molecule has 0 aliphatic heterocycles. The van der Waals surface area contributed by atoms with Crippen LogP contribution in [0.15, 0.2) is 24.3 Å². The molecule has 13 heavy (non-hydrogen) atoms. The van der Waals surface area contributed by atoms with E-state index in [1.54, 1.807) is 12.1 Å². The first kappa shape index (κ1) is 11.4. The molecule has 0 bridgehead atoms. The van der Waals surface area contributed by atoms with Crippen LogP contribution in [0.25, 0.3) is 0 Å². The molecule has 3 heteroatoms. The van der Waals surface area contributed by atoms with Gasteiger partial charge in [0.2, 0.25) is 0 Å². The smallest absolute Gasteiger partial charge is 0.115 e. The lowest BCUT2D eigenvalue weighted by molar-refractivity contribution is 0.474. The predicted molar refractivity (Wildman–Crippen MR) is 50.3 cm³/mol. The molecular formula is C10H14N2O. The van der Waals surface area contributed by atoms with E-state index in [1.165, 1.54) is 5.56 Å². The van der Waals surface area contributed by atoms with E-state index in [1.807, 2.05) is 12.1 Å². The number of benzene rings is 1. The first-order valence-electron chi connectivity index (χ1n) is 3.99. The molecule has 0 saturated carbocycles. The highest BCUT2D eigenvalue weighted by atomic mass is 16.3. The molecule has 0 heterocycles. The van der Waals surface area contributed by atoms with Crippen LogP contribution >= 0.6 is 0 Å². The van der Waals surface area contributed by atoms with E-state index < -0.39 is 0 Å². The molecule has 0 saturated heterocycles. The second kappa shape index (κ2) is 4.46. The number of rotatable bonds is 0. The van der Waals surface area contributed by atoms with Gasteiger partial charge in [-0.05, 0) is 23.1 Å². The van der Waals surface area contributed by atoms with E-state index >= 15 is 0 Å². The van der Waals surface area contributed by atoms with Gasteiger partial charge in [-0.3, -0.25) is 0 Å². The van der Waals surface area contributed by atoms with Crippen LogP contribution in [0.4, 0.5) is 0 Å². The number of nitrogens with zero attached hydrogens (tertiary/aromatic N) is 2. The van der Waals surface area contributed by atoms with Crippen molar-refractivity contribution < 1.29 is 5.11 Å². The van der Waals surface area contributed by atoms with Gasteiger partial charge < -0.3 is 5.11 Å². The van der Waals surface area contributed by atoms with Crippen molar-refractivity contribution in [3.8, 4) is 5.75 Å². The second-order valence-electron chi connectivity index (χ2n) is 3.80. The molecule has 0 fully saturated rings. The van der Waals surface area contributed by atoms with E-state index in [9.17, 15) is 0 Å². The van der Waals surface area contributed by atoms with E-state index in [4.69, 9.17) is 15.9 Å². The fourth-order valence-corrected chi connectivity index (χ4v) is 0.961. The van der Waals surface area contributed by atoms with Gasteiger partial charge in [0.05, 0.1) is 0 Å². The average molecular weight is 178 g/mol. The van der Waals surface area contributed by atoms with Gasteiger partial charge in [-0.2, -0.15) is 0 Å². The normalized spacial score (nSPS) is 9.92. The Kier molecular flexibility index (Phi) is 3.93. The highest BCUT2D eigenvalue weighted by Gasteiger charge is 2.12. The lowest BCUT2D eigenvalue weighted by Crippen LogP contribution is -2.10. The maximum Gasteiger partial charge on any atom is 0.115 e. The number of aromatic hydroxyl groups is 1. The van der Waals surface area contributed by atoms with Crippen LogP contribution in [0.5, 0.6) is 5.75 Å². The zero-order valence-corrected chi connectivity index (χ0v) is 8.15. The van der Waals surface area contributed by atoms with Crippen molar-refractivity contribution in [1.29, 1.82) is 10.8 Å². The molecule has 0 amide bonds. The minimum absolute atomic E-state index is 0.174. The average Bonchev–Trinajstić information content (AvgIpc) is 2.07. The van der Waals surface area contributed by atoms with Crippen LogP contribution in [0.1, 0.15) is 26.3 Å². The Bertz CT molecular complexity index is 269. The van der Waals surface area contributed by atoms with E-state index in [0.717, 1.165) is 0 Å². The largest absolute Gasteiger partial charge is 0.508 e. The Morgan fingerprint density at radius 3 is 1.69 bits per heavy atom. The molecule has 3 nitrogen and oxygen atoms in total. The molecule has 1 aromatic carbocycles. The molecule has 1 aromatic rings. The van der Waals surface area contributed by atoms with Crippen LogP contribution in [-0.2, 0) is 5.41 Å². The van der Waals surface area contributed by atoms with Crippen molar-refractivity contribution in [3.05, 3.63) is 29.8 Å². The van der Waals surface area contributed by atoms with Gasteiger partial charge in [-0.15, -0.1) is 0 Å². The first-order chi connectivity index (χ1) is 6.00. The van der Waals surface area contributed by atoms with Crippen LogP contribution in [-0.4, -0.2) is 5.11 Å².